The van der Waals surface area contributed by atoms with E-state index in [2.05, 4.69) is 0 Å². The Labute approximate surface area is 87.6 Å². The fraction of sp³-hybridized carbons (Fsp3) is 0. The summed E-state index contributed by atoms with van der Waals surface area (Å²) in [4.78, 5) is 31.7. The quantitative estimate of drug-likeness (QED) is 0.709. The molecule has 16 heavy (non-hydrogen) atoms. The van der Waals surface area contributed by atoms with Gasteiger partial charge in [-0.1, -0.05) is 0 Å². The second-order valence-corrected chi connectivity index (χ2v) is 2.79. The average Bonchev–Trinajstić information content (AvgIpc) is 2.15. The Balaban J connectivity index is 3.55. The van der Waals surface area contributed by atoms with Gasteiger partial charge in [0.1, 0.15) is 5.82 Å². The molecule has 0 bridgehead atoms. The second-order valence-electron chi connectivity index (χ2n) is 2.79. The number of carboxylic acid groups (broad SMARTS) is 3. The molecule has 3 N–H and O–H groups in total. The van der Waals surface area contributed by atoms with Crippen LogP contribution in [0.25, 0.3) is 0 Å². The molecule has 0 atom stereocenters. The minimum atomic E-state index is -1.67. The van der Waals surface area contributed by atoms with Crippen LogP contribution in [0.4, 0.5) is 4.39 Å². The molecule has 0 spiro atoms. The molecule has 0 amide bonds. The minimum Gasteiger partial charge on any atom is -0.478 e. The molecule has 84 valence electrons. The van der Waals surface area contributed by atoms with E-state index < -0.39 is 40.4 Å². The van der Waals surface area contributed by atoms with Crippen molar-refractivity contribution in [2.24, 2.45) is 0 Å². The fourth-order valence-corrected chi connectivity index (χ4v) is 1.09. The monoisotopic (exact) mass is 228 g/mol. The van der Waals surface area contributed by atoms with Crippen molar-refractivity contribution in [1.82, 2.24) is 0 Å². The predicted molar refractivity (Wildman–Crippen MR) is 47.3 cm³/mol. The van der Waals surface area contributed by atoms with E-state index in [1.54, 1.807) is 0 Å². The maximum Gasteiger partial charge on any atom is 0.338 e. The van der Waals surface area contributed by atoms with Gasteiger partial charge in [-0.2, -0.15) is 0 Å². The molecule has 0 aromatic heterocycles. The first kappa shape index (κ1) is 11.6. The Morgan fingerprint density at radius 1 is 0.812 bits per heavy atom. The van der Waals surface area contributed by atoms with Crippen molar-refractivity contribution in [3.05, 3.63) is 34.6 Å². The third-order valence-electron chi connectivity index (χ3n) is 1.80. The zero-order valence-corrected chi connectivity index (χ0v) is 7.60. The van der Waals surface area contributed by atoms with Crippen molar-refractivity contribution in [3.8, 4) is 0 Å². The molecule has 0 saturated heterocycles. The normalized spacial score (nSPS) is 9.81. The van der Waals surface area contributed by atoms with E-state index in [9.17, 15) is 18.8 Å². The summed E-state index contributed by atoms with van der Waals surface area (Å²) in [6.45, 7) is 0. The van der Waals surface area contributed by atoms with Gasteiger partial charge in [0.15, 0.2) is 0 Å². The third kappa shape index (κ3) is 1.97. The van der Waals surface area contributed by atoms with Crippen molar-refractivity contribution >= 4 is 17.9 Å². The topological polar surface area (TPSA) is 112 Å². The van der Waals surface area contributed by atoms with Gasteiger partial charge in [0.2, 0.25) is 0 Å². The van der Waals surface area contributed by atoms with Crippen LogP contribution in [0.5, 0.6) is 0 Å². The van der Waals surface area contributed by atoms with E-state index in [0.29, 0.717) is 12.1 Å². The molecule has 0 unspecified atom stereocenters. The number of rotatable bonds is 3. The van der Waals surface area contributed by atoms with Gasteiger partial charge in [-0.25, -0.2) is 18.8 Å². The Kier molecular flexibility index (Phi) is 2.89. The van der Waals surface area contributed by atoms with Crippen LogP contribution in [0, 0.1) is 5.82 Å². The zero-order valence-electron chi connectivity index (χ0n) is 7.60. The van der Waals surface area contributed by atoms with Gasteiger partial charge in [-0.15, -0.1) is 0 Å². The van der Waals surface area contributed by atoms with Crippen LogP contribution in [0.1, 0.15) is 31.1 Å². The minimum absolute atomic E-state index is 0.370. The number of benzene rings is 1. The number of carboxylic acids is 3. The molecule has 0 aliphatic rings. The van der Waals surface area contributed by atoms with Crippen molar-refractivity contribution in [2.75, 3.05) is 0 Å². The summed E-state index contributed by atoms with van der Waals surface area (Å²) in [6.07, 6.45) is 0. The first-order valence-corrected chi connectivity index (χ1v) is 3.88. The Morgan fingerprint density at radius 3 is 1.56 bits per heavy atom. The van der Waals surface area contributed by atoms with Gasteiger partial charge in [-0.05, 0) is 12.1 Å². The molecule has 0 saturated carbocycles. The lowest BCUT2D eigenvalue weighted by Gasteiger charge is -2.04. The van der Waals surface area contributed by atoms with Crippen molar-refractivity contribution in [2.45, 2.75) is 0 Å². The van der Waals surface area contributed by atoms with Crippen molar-refractivity contribution in [3.63, 3.8) is 0 Å². The molecular formula is C9H5FO6. The van der Waals surface area contributed by atoms with Crippen molar-refractivity contribution in [1.29, 1.82) is 0 Å². The third-order valence-corrected chi connectivity index (χ3v) is 1.80. The lowest BCUT2D eigenvalue weighted by molar-refractivity contribution is 0.0647. The molecule has 0 aliphatic carbocycles. The van der Waals surface area contributed by atoms with Crippen LogP contribution in [0.15, 0.2) is 12.1 Å². The standard InChI is InChI=1S/C9H5FO6/c10-6-2-4(8(13)14)3(7(11)12)1-5(6)9(15)16/h1-2H,(H,11,12)(H,13,14)(H,15,16). The number of halogens is 1. The maximum absolute atomic E-state index is 13.1. The lowest BCUT2D eigenvalue weighted by Crippen LogP contribution is -2.12. The van der Waals surface area contributed by atoms with Crippen LogP contribution >= 0.6 is 0 Å². The number of hydrogen-bond acceptors (Lipinski definition) is 3. The lowest BCUT2D eigenvalue weighted by atomic mass is 10.0. The Bertz CT molecular complexity index is 493. The van der Waals surface area contributed by atoms with Crippen LogP contribution in [-0.2, 0) is 0 Å². The Morgan fingerprint density at radius 2 is 1.19 bits per heavy atom. The first-order valence-electron chi connectivity index (χ1n) is 3.88. The maximum atomic E-state index is 13.1. The highest BCUT2D eigenvalue weighted by atomic mass is 19.1. The Hall–Kier alpha value is -2.44. The molecule has 0 heterocycles. The number of carbonyl (C=O) groups is 3. The summed E-state index contributed by atoms with van der Waals surface area (Å²) in [6, 6.07) is 0.846. The average molecular weight is 228 g/mol. The molecule has 0 fully saturated rings. The van der Waals surface area contributed by atoms with Crippen LogP contribution < -0.4 is 0 Å². The summed E-state index contributed by atoms with van der Waals surface area (Å²) in [5.41, 5.74) is -2.45. The predicted octanol–water partition coefficient (Wildman–Crippen LogP) is 0.920. The summed E-state index contributed by atoms with van der Waals surface area (Å²) < 4.78 is 13.1. The molecule has 6 nitrogen and oxygen atoms in total. The van der Waals surface area contributed by atoms with Gasteiger partial charge >= 0.3 is 17.9 Å². The SMILES string of the molecule is O=C(O)c1cc(C(=O)O)c(C(=O)O)cc1F. The number of aromatic carboxylic acids is 3. The molecular weight excluding hydrogens is 223 g/mol. The fourth-order valence-electron chi connectivity index (χ4n) is 1.09. The van der Waals surface area contributed by atoms with Crippen molar-refractivity contribution < 1.29 is 34.1 Å². The van der Waals surface area contributed by atoms with Gasteiger partial charge in [0.05, 0.1) is 16.7 Å². The highest BCUT2D eigenvalue weighted by molar-refractivity contribution is 6.03. The van der Waals surface area contributed by atoms with Crippen LogP contribution in [-0.4, -0.2) is 33.2 Å². The smallest absolute Gasteiger partial charge is 0.338 e. The van der Waals surface area contributed by atoms with Gasteiger partial charge in [0, 0.05) is 0 Å². The molecule has 0 aliphatic heterocycles. The summed E-state index contributed by atoms with van der Waals surface area (Å²) >= 11 is 0. The van der Waals surface area contributed by atoms with E-state index in [-0.39, 0.29) is 0 Å². The number of hydrogen-bond donors (Lipinski definition) is 3. The van der Waals surface area contributed by atoms with E-state index in [0.717, 1.165) is 0 Å². The molecule has 1 aromatic carbocycles. The van der Waals surface area contributed by atoms with Gasteiger partial charge in [0.25, 0.3) is 0 Å². The van der Waals surface area contributed by atoms with E-state index in [1.807, 2.05) is 0 Å². The van der Waals surface area contributed by atoms with Crippen LogP contribution in [0.2, 0.25) is 0 Å². The van der Waals surface area contributed by atoms with Crippen LogP contribution in [0.3, 0.4) is 0 Å². The zero-order chi connectivity index (χ0) is 12.5. The summed E-state index contributed by atoms with van der Waals surface area (Å²) in [7, 11) is 0. The highest BCUT2D eigenvalue weighted by Gasteiger charge is 2.22. The van der Waals surface area contributed by atoms with Gasteiger partial charge in [-0.3, -0.25) is 0 Å². The summed E-state index contributed by atoms with van der Waals surface area (Å²) in [5.74, 6) is -6.25. The molecule has 1 rings (SSSR count). The van der Waals surface area contributed by atoms with E-state index in [1.165, 1.54) is 0 Å². The second kappa shape index (κ2) is 3.97. The largest absolute Gasteiger partial charge is 0.478 e. The highest BCUT2D eigenvalue weighted by Crippen LogP contribution is 2.16. The molecule has 1 aromatic rings. The molecule has 7 heteroatoms. The molecule has 0 radical (unpaired) electrons. The van der Waals surface area contributed by atoms with E-state index in [4.69, 9.17) is 15.3 Å². The summed E-state index contributed by atoms with van der Waals surface area (Å²) in [5, 5.41) is 25.7. The van der Waals surface area contributed by atoms with Gasteiger partial charge < -0.3 is 15.3 Å². The first-order chi connectivity index (χ1) is 7.34. The van der Waals surface area contributed by atoms with E-state index >= 15 is 0 Å².